The van der Waals surface area contributed by atoms with Crippen molar-refractivity contribution in [3.05, 3.63) is 52.3 Å². The number of nitrogens with zero attached hydrogens (tertiary/aromatic N) is 1. The van der Waals surface area contributed by atoms with E-state index in [1.54, 1.807) is 12.1 Å². The summed E-state index contributed by atoms with van der Waals surface area (Å²) in [5, 5.41) is 13.7. The quantitative estimate of drug-likeness (QED) is 0.832. The highest BCUT2D eigenvalue weighted by atomic mass is 32.2. The van der Waals surface area contributed by atoms with Gasteiger partial charge in [0.25, 0.3) is 5.56 Å². The highest BCUT2D eigenvalue weighted by molar-refractivity contribution is 7.89. The SMILES string of the molecule is N#Cc1ccc(-c2cccc(S(N)(=O)=O)c2)[nH]c1=O. The number of pyridine rings is 1. The summed E-state index contributed by atoms with van der Waals surface area (Å²) in [4.78, 5) is 14.0. The molecule has 1 heterocycles. The summed E-state index contributed by atoms with van der Waals surface area (Å²) in [6, 6.07) is 10.5. The van der Waals surface area contributed by atoms with E-state index in [9.17, 15) is 13.2 Å². The van der Waals surface area contributed by atoms with Gasteiger partial charge in [0.15, 0.2) is 0 Å². The minimum atomic E-state index is -3.80. The summed E-state index contributed by atoms with van der Waals surface area (Å²) in [7, 11) is -3.80. The Kier molecular flexibility index (Phi) is 3.21. The third-order valence-corrected chi connectivity index (χ3v) is 3.41. The number of hydrogen-bond donors (Lipinski definition) is 2. The number of aromatic nitrogens is 1. The Labute approximate surface area is 109 Å². The van der Waals surface area contributed by atoms with Crippen molar-refractivity contribution < 1.29 is 8.42 Å². The van der Waals surface area contributed by atoms with E-state index in [-0.39, 0.29) is 10.5 Å². The highest BCUT2D eigenvalue weighted by Crippen LogP contribution is 2.19. The summed E-state index contributed by atoms with van der Waals surface area (Å²) in [5.74, 6) is 0. The Morgan fingerprint density at radius 3 is 2.53 bits per heavy atom. The van der Waals surface area contributed by atoms with Crippen LogP contribution in [0.15, 0.2) is 46.1 Å². The van der Waals surface area contributed by atoms with E-state index < -0.39 is 15.6 Å². The standard InChI is InChI=1S/C12H9N3O3S/c13-7-9-4-5-11(15-12(9)16)8-2-1-3-10(6-8)19(14,17)18/h1-6H,(H,15,16)(H2,14,17,18). The second kappa shape index (κ2) is 4.68. The van der Waals surface area contributed by atoms with E-state index in [1.165, 1.54) is 30.3 Å². The lowest BCUT2D eigenvalue weighted by atomic mass is 10.1. The Balaban J connectivity index is 2.58. The van der Waals surface area contributed by atoms with Gasteiger partial charge in [0.05, 0.1) is 4.90 Å². The molecule has 1 aromatic heterocycles. The molecule has 1 aromatic carbocycles. The number of hydrogen-bond acceptors (Lipinski definition) is 4. The maximum absolute atomic E-state index is 11.5. The molecule has 0 radical (unpaired) electrons. The Morgan fingerprint density at radius 1 is 1.21 bits per heavy atom. The topological polar surface area (TPSA) is 117 Å². The van der Waals surface area contributed by atoms with Crippen molar-refractivity contribution in [3.63, 3.8) is 0 Å². The number of sulfonamides is 1. The zero-order valence-corrected chi connectivity index (χ0v) is 10.4. The van der Waals surface area contributed by atoms with Gasteiger partial charge in [-0.3, -0.25) is 4.79 Å². The smallest absolute Gasteiger partial charge is 0.266 e. The molecule has 3 N–H and O–H groups in total. The molecule has 0 aliphatic carbocycles. The second-order valence-electron chi connectivity index (χ2n) is 3.80. The largest absolute Gasteiger partial charge is 0.321 e. The molecule has 96 valence electrons. The Hall–Kier alpha value is -2.43. The molecule has 7 heteroatoms. The lowest BCUT2D eigenvalue weighted by molar-refractivity contribution is 0.598. The summed E-state index contributed by atoms with van der Waals surface area (Å²) < 4.78 is 22.5. The molecular weight excluding hydrogens is 266 g/mol. The molecule has 6 nitrogen and oxygen atoms in total. The first-order valence-corrected chi connectivity index (χ1v) is 6.73. The average Bonchev–Trinajstić information content (AvgIpc) is 2.38. The van der Waals surface area contributed by atoms with Crippen molar-refractivity contribution in [1.82, 2.24) is 4.98 Å². The van der Waals surface area contributed by atoms with Crippen LogP contribution in [0, 0.1) is 11.3 Å². The van der Waals surface area contributed by atoms with E-state index in [0.29, 0.717) is 11.3 Å². The second-order valence-corrected chi connectivity index (χ2v) is 5.36. The first-order chi connectivity index (χ1) is 8.91. The Morgan fingerprint density at radius 2 is 1.95 bits per heavy atom. The number of aromatic amines is 1. The van der Waals surface area contributed by atoms with Gasteiger partial charge in [-0.1, -0.05) is 12.1 Å². The van der Waals surface area contributed by atoms with Gasteiger partial charge in [0.1, 0.15) is 11.6 Å². The number of nitrogens with two attached hydrogens (primary N) is 1. The molecule has 0 aliphatic rings. The van der Waals surface area contributed by atoms with Crippen LogP contribution in [-0.2, 0) is 10.0 Å². The van der Waals surface area contributed by atoms with E-state index in [1.807, 2.05) is 0 Å². The molecule has 2 rings (SSSR count). The molecule has 0 fully saturated rings. The summed E-state index contributed by atoms with van der Waals surface area (Å²) in [5.41, 5.74) is 0.370. The number of primary sulfonamides is 1. The summed E-state index contributed by atoms with van der Waals surface area (Å²) >= 11 is 0. The summed E-state index contributed by atoms with van der Waals surface area (Å²) in [6.45, 7) is 0. The van der Waals surface area contributed by atoms with Gasteiger partial charge in [-0.05, 0) is 29.8 Å². The molecule has 0 spiro atoms. The van der Waals surface area contributed by atoms with Crippen molar-refractivity contribution in [1.29, 1.82) is 5.26 Å². The van der Waals surface area contributed by atoms with Gasteiger partial charge in [-0.25, -0.2) is 13.6 Å². The van der Waals surface area contributed by atoms with Crippen LogP contribution in [0.3, 0.4) is 0 Å². The number of nitriles is 1. The van der Waals surface area contributed by atoms with Gasteiger partial charge in [0, 0.05) is 5.69 Å². The van der Waals surface area contributed by atoms with Crippen molar-refractivity contribution in [2.45, 2.75) is 4.90 Å². The van der Waals surface area contributed by atoms with Crippen LogP contribution in [-0.4, -0.2) is 13.4 Å². The number of benzene rings is 1. The average molecular weight is 275 g/mol. The van der Waals surface area contributed by atoms with Gasteiger partial charge in [0.2, 0.25) is 10.0 Å². The summed E-state index contributed by atoms with van der Waals surface area (Å²) in [6.07, 6.45) is 0. The number of nitrogens with one attached hydrogen (secondary N) is 1. The van der Waals surface area contributed by atoms with Crippen LogP contribution < -0.4 is 10.7 Å². The maximum Gasteiger partial charge on any atom is 0.266 e. The number of rotatable bonds is 2. The van der Waals surface area contributed by atoms with Crippen molar-refractivity contribution in [3.8, 4) is 17.3 Å². The monoisotopic (exact) mass is 275 g/mol. The molecule has 0 unspecified atom stereocenters. The molecule has 0 saturated heterocycles. The van der Waals surface area contributed by atoms with Crippen LogP contribution >= 0.6 is 0 Å². The van der Waals surface area contributed by atoms with Gasteiger partial charge in [-0.2, -0.15) is 5.26 Å². The van der Waals surface area contributed by atoms with Crippen LogP contribution in [0.4, 0.5) is 0 Å². The van der Waals surface area contributed by atoms with E-state index in [0.717, 1.165) is 0 Å². The molecule has 19 heavy (non-hydrogen) atoms. The van der Waals surface area contributed by atoms with E-state index in [4.69, 9.17) is 10.4 Å². The van der Waals surface area contributed by atoms with Crippen molar-refractivity contribution in [2.24, 2.45) is 5.14 Å². The third-order valence-electron chi connectivity index (χ3n) is 2.50. The molecule has 2 aromatic rings. The fourth-order valence-corrected chi connectivity index (χ4v) is 2.13. The normalized spacial score (nSPS) is 10.9. The molecular formula is C12H9N3O3S. The number of H-pyrrole nitrogens is 1. The zero-order chi connectivity index (χ0) is 14.0. The van der Waals surface area contributed by atoms with Crippen molar-refractivity contribution in [2.75, 3.05) is 0 Å². The van der Waals surface area contributed by atoms with Crippen LogP contribution in [0.1, 0.15) is 5.56 Å². The van der Waals surface area contributed by atoms with Crippen LogP contribution in [0.2, 0.25) is 0 Å². The first-order valence-electron chi connectivity index (χ1n) is 5.18. The fourth-order valence-electron chi connectivity index (χ4n) is 1.57. The minimum absolute atomic E-state index is 0.00801. The minimum Gasteiger partial charge on any atom is -0.321 e. The van der Waals surface area contributed by atoms with E-state index in [2.05, 4.69) is 4.98 Å². The molecule has 0 amide bonds. The van der Waals surface area contributed by atoms with Gasteiger partial charge >= 0.3 is 0 Å². The lowest BCUT2D eigenvalue weighted by Crippen LogP contribution is -2.12. The van der Waals surface area contributed by atoms with E-state index >= 15 is 0 Å². The lowest BCUT2D eigenvalue weighted by Gasteiger charge is -2.04. The fraction of sp³-hybridized carbons (Fsp3) is 0. The predicted molar refractivity (Wildman–Crippen MR) is 68.6 cm³/mol. The molecule has 0 atom stereocenters. The molecule has 0 saturated carbocycles. The highest BCUT2D eigenvalue weighted by Gasteiger charge is 2.09. The third kappa shape index (κ3) is 2.70. The van der Waals surface area contributed by atoms with Crippen LogP contribution in [0.5, 0.6) is 0 Å². The molecule has 0 bridgehead atoms. The maximum atomic E-state index is 11.5. The predicted octanol–water partition coefficient (Wildman–Crippen LogP) is 0.561. The van der Waals surface area contributed by atoms with Crippen molar-refractivity contribution >= 4 is 10.0 Å². The molecule has 0 aliphatic heterocycles. The Bertz CT molecular complexity index is 832. The van der Waals surface area contributed by atoms with Crippen LogP contribution in [0.25, 0.3) is 11.3 Å². The first kappa shape index (κ1) is 13.0. The zero-order valence-electron chi connectivity index (χ0n) is 9.62. The van der Waals surface area contributed by atoms with Gasteiger partial charge in [-0.15, -0.1) is 0 Å². The van der Waals surface area contributed by atoms with Gasteiger partial charge < -0.3 is 4.98 Å².